The predicted octanol–water partition coefficient (Wildman–Crippen LogP) is 5.11. The molecule has 0 bridgehead atoms. The van der Waals surface area contributed by atoms with Crippen LogP contribution >= 0.6 is 0 Å². The third kappa shape index (κ3) is 2.23. The fourth-order valence-electron chi connectivity index (χ4n) is 6.33. The molecule has 0 amide bonds. The van der Waals surface area contributed by atoms with Gasteiger partial charge in [-0.1, -0.05) is 32.6 Å². The molecule has 118 valence electrons. The van der Waals surface area contributed by atoms with Crippen molar-refractivity contribution in [2.24, 2.45) is 28.6 Å². The van der Waals surface area contributed by atoms with E-state index in [-0.39, 0.29) is 6.10 Å². The van der Waals surface area contributed by atoms with Crippen molar-refractivity contribution in [2.75, 3.05) is 0 Å². The number of allylic oxidation sites excluding steroid dienone is 1. The summed E-state index contributed by atoms with van der Waals surface area (Å²) in [7, 11) is 0. The van der Waals surface area contributed by atoms with Gasteiger partial charge in [-0.15, -0.1) is 0 Å². The number of fused-ring (bicyclic) bond motifs is 3. The van der Waals surface area contributed by atoms with E-state index < -0.39 is 0 Å². The second kappa shape index (κ2) is 4.98. The highest BCUT2D eigenvalue weighted by molar-refractivity contribution is 5.16. The van der Waals surface area contributed by atoms with Gasteiger partial charge in [0.05, 0.1) is 6.10 Å². The van der Waals surface area contributed by atoms with Crippen molar-refractivity contribution in [1.29, 1.82) is 0 Å². The zero-order valence-corrected chi connectivity index (χ0v) is 14.1. The summed E-state index contributed by atoms with van der Waals surface area (Å²) in [5.74, 6) is 2.29. The number of rotatable bonds is 1. The molecule has 0 aromatic heterocycles. The second-order valence-electron chi connectivity index (χ2n) is 8.77. The summed E-state index contributed by atoms with van der Waals surface area (Å²) in [6, 6.07) is 0. The molecule has 3 rings (SSSR count). The maximum atomic E-state index is 10.4. The average Bonchev–Trinajstić information content (AvgIpc) is 2.68. The van der Waals surface area contributed by atoms with Crippen LogP contribution in [0.3, 0.4) is 0 Å². The summed E-state index contributed by atoms with van der Waals surface area (Å²) < 4.78 is 0. The normalized spacial score (nSPS) is 50.2. The molecule has 0 radical (unpaired) electrons. The Kier molecular flexibility index (Phi) is 3.64. The van der Waals surface area contributed by atoms with E-state index in [2.05, 4.69) is 33.9 Å². The first-order valence-electron chi connectivity index (χ1n) is 8.79. The summed E-state index contributed by atoms with van der Waals surface area (Å²) in [4.78, 5) is 0. The van der Waals surface area contributed by atoms with Crippen LogP contribution < -0.4 is 0 Å². The zero-order valence-electron chi connectivity index (χ0n) is 14.1. The molecular formula is C20H32O. The van der Waals surface area contributed by atoms with E-state index in [0.29, 0.717) is 10.8 Å². The van der Waals surface area contributed by atoms with E-state index in [1.165, 1.54) is 37.7 Å². The summed E-state index contributed by atoms with van der Waals surface area (Å²) in [5.41, 5.74) is 3.21. The van der Waals surface area contributed by atoms with Crippen LogP contribution in [0.25, 0.3) is 0 Å². The van der Waals surface area contributed by atoms with Crippen LogP contribution in [0.4, 0.5) is 0 Å². The lowest BCUT2D eigenvalue weighted by molar-refractivity contribution is -0.0616. The van der Waals surface area contributed by atoms with Gasteiger partial charge in [-0.3, -0.25) is 0 Å². The van der Waals surface area contributed by atoms with Gasteiger partial charge in [0.25, 0.3) is 0 Å². The van der Waals surface area contributed by atoms with Crippen LogP contribution in [0, 0.1) is 28.6 Å². The molecular weight excluding hydrogens is 256 g/mol. The molecule has 1 heteroatoms. The fourth-order valence-corrected chi connectivity index (χ4v) is 6.33. The molecule has 3 aliphatic rings. The first kappa shape index (κ1) is 15.3. The highest BCUT2D eigenvalue weighted by Crippen LogP contribution is 2.66. The van der Waals surface area contributed by atoms with Crippen molar-refractivity contribution in [1.82, 2.24) is 0 Å². The Morgan fingerprint density at radius 3 is 2.57 bits per heavy atom. The fraction of sp³-hybridized carbons (Fsp3) is 0.800. The maximum Gasteiger partial charge on any atom is 0.0752 e. The van der Waals surface area contributed by atoms with Gasteiger partial charge in [0.1, 0.15) is 0 Å². The smallest absolute Gasteiger partial charge is 0.0752 e. The van der Waals surface area contributed by atoms with E-state index >= 15 is 0 Å². The topological polar surface area (TPSA) is 20.2 Å². The Morgan fingerprint density at radius 1 is 1.19 bits per heavy atom. The SMILES string of the molecule is C=C1CCC2C(C)(CCC3C(C(=C)C)CCC32C)CC1O. The third-order valence-corrected chi connectivity index (χ3v) is 7.51. The first-order chi connectivity index (χ1) is 9.78. The minimum absolute atomic E-state index is 0.279. The van der Waals surface area contributed by atoms with Crippen molar-refractivity contribution in [2.45, 2.75) is 71.8 Å². The van der Waals surface area contributed by atoms with Crippen molar-refractivity contribution in [3.05, 3.63) is 24.3 Å². The molecule has 0 aromatic carbocycles. The zero-order chi connectivity index (χ0) is 15.4. The van der Waals surface area contributed by atoms with Crippen LogP contribution in [0.5, 0.6) is 0 Å². The van der Waals surface area contributed by atoms with E-state index in [1.54, 1.807) is 0 Å². The molecule has 21 heavy (non-hydrogen) atoms. The Morgan fingerprint density at radius 2 is 1.90 bits per heavy atom. The van der Waals surface area contributed by atoms with Gasteiger partial charge in [0.15, 0.2) is 0 Å². The molecule has 0 heterocycles. The monoisotopic (exact) mass is 288 g/mol. The van der Waals surface area contributed by atoms with E-state index in [1.807, 2.05) is 0 Å². The molecule has 6 atom stereocenters. The lowest BCUT2D eigenvalue weighted by Crippen LogP contribution is -2.47. The van der Waals surface area contributed by atoms with Gasteiger partial charge < -0.3 is 5.11 Å². The summed E-state index contributed by atoms with van der Waals surface area (Å²) in [6.07, 6.45) is 8.15. The molecule has 6 unspecified atom stereocenters. The van der Waals surface area contributed by atoms with E-state index in [4.69, 9.17) is 0 Å². The summed E-state index contributed by atoms with van der Waals surface area (Å²) in [6.45, 7) is 15.6. The van der Waals surface area contributed by atoms with E-state index in [0.717, 1.165) is 36.2 Å². The molecule has 0 aromatic rings. The van der Waals surface area contributed by atoms with Crippen molar-refractivity contribution >= 4 is 0 Å². The van der Waals surface area contributed by atoms with Crippen molar-refractivity contribution in [3.8, 4) is 0 Å². The lowest BCUT2D eigenvalue weighted by Gasteiger charge is -2.55. The van der Waals surface area contributed by atoms with Crippen LogP contribution in [0.15, 0.2) is 24.3 Å². The standard InChI is InChI=1S/C20H32O/c1-13(2)15-8-11-20(5)16(15)9-10-19(4)12-17(21)14(3)6-7-18(19)20/h15-18,21H,1,3,6-12H2,2,4-5H3. The molecule has 1 N–H and O–H groups in total. The molecule has 3 saturated carbocycles. The molecule has 0 saturated heterocycles. The number of aliphatic hydroxyl groups excluding tert-OH is 1. The Bertz CT molecular complexity index is 464. The molecule has 0 aliphatic heterocycles. The van der Waals surface area contributed by atoms with Gasteiger partial charge in [0.2, 0.25) is 0 Å². The van der Waals surface area contributed by atoms with E-state index in [9.17, 15) is 5.11 Å². The minimum atomic E-state index is -0.279. The quantitative estimate of drug-likeness (QED) is 0.665. The number of hydrogen-bond donors (Lipinski definition) is 1. The first-order valence-corrected chi connectivity index (χ1v) is 8.79. The lowest BCUT2D eigenvalue weighted by atomic mass is 9.50. The van der Waals surface area contributed by atoms with Crippen molar-refractivity contribution in [3.63, 3.8) is 0 Å². The Balaban J connectivity index is 1.94. The highest BCUT2D eigenvalue weighted by atomic mass is 16.3. The van der Waals surface area contributed by atoms with Gasteiger partial charge in [0, 0.05) is 0 Å². The second-order valence-corrected chi connectivity index (χ2v) is 8.77. The Hall–Kier alpha value is -0.560. The maximum absolute atomic E-state index is 10.4. The molecule has 1 nitrogen and oxygen atoms in total. The van der Waals surface area contributed by atoms with Gasteiger partial charge >= 0.3 is 0 Å². The largest absolute Gasteiger partial charge is 0.389 e. The average molecular weight is 288 g/mol. The Labute approximate surface area is 130 Å². The van der Waals surface area contributed by atoms with Crippen LogP contribution in [-0.4, -0.2) is 11.2 Å². The predicted molar refractivity (Wildman–Crippen MR) is 89.0 cm³/mol. The van der Waals surface area contributed by atoms with Gasteiger partial charge in [-0.25, -0.2) is 0 Å². The third-order valence-electron chi connectivity index (χ3n) is 7.51. The van der Waals surface area contributed by atoms with Crippen LogP contribution in [0.2, 0.25) is 0 Å². The van der Waals surface area contributed by atoms with Gasteiger partial charge in [-0.05, 0) is 86.0 Å². The molecule has 3 fully saturated rings. The number of hydrogen-bond acceptors (Lipinski definition) is 1. The van der Waals surface area contributed by atoms with Crippen molar-refractivity contribution < 1.29 is 5.11 Å². The summed E-state index contributed by atoms with van der Waals surface area (Å²) >= 11 is 0. The highest BCUT2D eigenvalue weighted by Gasteiger charge is 2.58. The number of aliphatic hydroxyl groups is 1. The van der Waals surface area contributed by atoms with Crippen LogP contribution in [-0.2, 0) is 0 Å². The molecule has 3 aliphatic carbocycles. The summed E-state index contributed by atoms with van der Waals surface area (Å²) in [5, 5.41) is 10.4. The molecule has 0 spiro atoms. The minimum Gasteiger partial charge on any atom is -0.389 e. The van der Waals surface area contributed by atoms with Crippen LogP contribution in [0.1, 0.15) is 65.7 Å². The van der Waals surface area contributed by atoms with Gasteiger partial charge in [-0.2, -0.15) is 0 Å².